The first-order valence-corrected chi connectivity index (χ1v) is 15.1. The van der Waals surface area contributed by atoms with Gasteiger partial charge >= 0.3 is 0 Å². The molecule has 1 aliphatic rings. The van der Waals surface area contributed by atoms with Crippen molar-refractivity contribution in [2.24, 2.45) is 0 Å². The second kappa shape index (κ2) is 12.1. The summed E-state index contributed by atoms with van der Waals surface area (Å²) in [6.07, 6.45) is 4.87. The molecule has 1 fully saturated rings. The summed E-state index contributed by atoms with van der Waals surface area (Å²) in [5, 5.41) is 0.288. The predicted octanol–water partition coefficient (Wildman–Crippen LogP) is 5.68. The Morgan fingerprint density at radius 2 is 1.79 bits per heavy atom. The summed E-state index contributed by atoms with van der Waals surface area (Å²) < 4.78 is 43.9. The quantitative estimate of drug-likeness (QED) is 0.245. The number of aromatic nitrogens is 2. The number of hydrogen-bond donors (Lipinski definition) is 0. The average molecular weight is 565 g/mol. The topological polar surface area (TPSA) is 84.9 Å². The van der Waals surface area contributed by atoms with E-state index in [1.165, 1.54) is 29.0 Å². The first-order chi connectivity index (χ1) is 19.0. The van der Waals surface area contributed by atoms with Crippen LogP contribution >= 0.6 is 11.5 Å². The summed E-state index contributed by atoms with van der Waals surface area (Å²) in [7, 11) is -0.806. The van der Waals surface area contributed by atoms with Gasteiger partial charge in [-0.05, 0) is 54.8 Å². The molecule has 0 unspecified atom stereocenters. The van der Waals surface area contributed by atoms with Crippen molar-refractivity contribution in [2.45, 2.75) is 43.3 Å². The lowest BCUT2D eigenvalue weighted by atomic mass is 9.95. The zero-order valence-corrected chi connectivity index (χ0v) is 23.7. The zero-order valence-electron chi connectivity index (χ0n) is 22.1. The van der Waals surface area contributed by atoms with Gasteiger partial charge in [0, 0.05) is 35.7 Å². The fourth-order valence-electron chi connectivity index (χ4n) is 5.03. The smallest absolute Gasteiger partial charge is 0.266 e. The minimum Gasteiger partial charge on any atom is -0.497 e. The number of sulfonamides is 1. The zero-order chi connectivity index (χ0) is 27.2. The van der Waals surface area contributed by atoms with Crippen molar-refractivity contribution < 1.29 is 17.9 Å². The van der Waals surface area contributed by atoms with Gasteiger partial charge in [-0.1, -0.05) is 48.9 Å². The molecule has 5 rings (SSSR count). The third-order valence-electron chi connectivity index (χ3n) is 7.07. The standard InChI is InChI=1S/C29H32N4O4S2/c1-36-25-14-13-24(28(18-25)37-2)20-33(29-30-21-31-38-29)39(34,35)26-15-11-22(12-16-26)19-32-17-7-6-10-27(32)23-8-4-3-5-9-23/h3-5,8-9,11-16,18,21,27H,6-7,10,17,19-20H2,1-2H3/t27-/m1/s1. The van der Waals surface area contributed by atoms with Crippen LogP contribution in [0.2, 0.25) is 0 Å². The van der Waals surface area contributed by atoms with Gasteiger partial charge in [0.15, 0.2) is 0 Å². The Morgan fingerprint density at radius 3 is 2.49 bits per heavy atom. The van der Waals surface area contributed by atoms with E-state index in [2.05, 4.69) is 38.5 Å². The number of nitrogens with zero attached hydrogens (tertiary/aromatic N) is 4. The maximum Gasteiger partial charge on any atom is 0.266 e. The van der Waals surface area contributed by atoms with Gasteiger partial charge in [-0.25, -0.2) is 17.7 Å². The molecule has 0 bridgehead atoms. The molecule has 3 aromatic carbocycles. The number of rotatable bonds is 10. The third kappa shape index (κ3) is 6.08. The molecule has 2 heterocycles. The Hall–Kier alpha value is -3.47. The SMILES string of the molecule is COc1ccc(CN(c2ncns2)S(=O)(=O)c2ccc(CN3CCCC[C@@H]3c3ccccc3)cc2)c(OC)c1. The van der Waals surface area contributed by atoms with Gasteiger partial charge in [-0.2, -0.15) is 4.37 Å². The van der Waals surface area contributed by atoms with E-state index in [0.29, 0.717) is 23.1 Å². The fourth-order valence-corrected chi connectivity index (χ4v) is 7.16. The van der Waals surface area contributed by atoms with E-state index in [9.17, 15) is 8.42 Å². The van der Waals surface area contributed by atoms with Crippen molar-refractivity contribution in [1.82, 2.24) is 14.3 Å². The highest BCUT2D eigenvalue weighted by atomic mass is 32.2. The van der Waals surface area contributed by atoms with Gasteiger partial charge in [-0.15, -0.1) is 0 Å². The maximum absolute atomic E-state index is 13.9. The molecule has 10 heteroatoms. The Labute approximate surface area is 234 Å². The summed E-state index contributed by atoms with van der Waals surface area (Å²) in [6.45, 7) is 1.83. The average Bonchev–Trinajstić information content (AvgIpc) is 3.51. The second-order valence-corrected chi connectivity index (χ2v) is 12.1. The third-order valence-corrected chi connectivity index (χ3v) is 9.62. The largest absolute Gasteiger partial charge is 0.497 e. The van der Waals surface area contributed by atoms with Crippen molar-refractivity contribution in [3.05, 3.63) is 95.8 Å². The first kappa shape index (κ1) is 27.1. The molecule has 0 saturated carbocycles. The van der Waals surface area contributed by atoms with Crippen LogP contribution in [-0.4, -0.2) is 43.4 Å². The van der Waals surface area contributed by atoms with E-state index in [0.717, 1.165) is 36.6 Å². The van der Waals surface area contributed by atoms with Crippen LogP contribution in [0.1, 0.15) is 42.0 Å². The van der Waals surface area contributed by atoms with Gasteiger partial charge in [0.05, 0.1) is 25.7 Å². The van der Waals surface area contributed by atoms with E-state index in [1.54, 1.807) is 44.6 Å². The van der Waals surface area contributed by atoms with Crippen LogP contribution in [0.3, 0.4) is 0 Å². The Balaban J connectivity index is 1.39. The van der Waals surface area contributed by atoms with Crippen molar-refractivity contribution in [3.8, 4) is 11.5 Å². The molecule has 0 N–H and O–H groups in total. The van der Waals surface area contributed by atoms with Crippen LogP contribution < -0.4 is 13.8 Å². The molecule has 0 spiro atoms. The summed E-state index contributed by atoms with van der Waals surface area (Å²) in [4.78, 5) is 6.90. The highest BCUT2D eigenvalue weighted by molar-refractivity contribution is 7.93. The molecule has 1 aliphatic heterocycles. The van der Waals surface area contributed by atoms with Crippen molar-refractivity contribution in [1.29, 1.82) is 0 Å². The van der Waals surface area contributed by atoms with Crippen molar-refractivity contribution in [2.75, 3.05) is 25.1 Å². The molecule has 1 saturated heterocycles. The molecule has 1 atom stereocenters. The maximum atomic E-state index is 13.9. The first-order valence-electron chi connectivity index (χ1n) is 12.9. The van der Waals surface area contributed by atoms with Crippen LogP contribution in [0.25, 0.3) is 0 Å². The van der Waals surface area contributed by atoms with E-state index < -0.39 is 10.0 Å². The normalized spacial score (nSPS) is 16.1. The highest BCUT2D eigenvalue weighted by Crippen LogP contribution is 2.34. The number of piperidine rings is 1. The monoisotopic (exact) mass is 564 g/mol. The van der Waals surface area contributed by atoms with Crippen LogP contribution in [0, 0.1) is 0 Å². The number of benzene rings is 3. The lowest BCUT2D eigenvalue weighted by molar-refractivity contribution is 0.140. The molecule has 4 aromatic rings. The summed E-state index contributed by atoms with van der Waals surface area (Å²) >= 11 is 1.03. The number of methoxy groups -OCH3 is 2. The van der Waals surface area contributed by atoms with Crippen LogP contribution in [-0.2, 0) is 23.1 Å². The minimum atomic E-state index is -3.93. The lowest BCUT2D eigenvalue weighted by Gasteiger charge is -2.36. The predicted molar refractivity (Wildman–Crippen MR) is 153 cm³/mol. The van der Waals surface area contributed by atoms with Crippen molar-refractivity contribution >= 4 is 26.7 Å². The van der Waals surface area contributed by atoms with Gasteiger partial charge in [0.2, 0.25) is 5.13 Å². The number of likely N-dealkylation sites (tertiary alicyclic amines) is 1. The molecule has 39 heavy (non-hydrogen) atoms. The summed E-state index contributed by atoms with van der Waals surface area (Å²) in [5.41, 5.74) is 3.10. The Kier molecular flexibility index (Phi) is 8.44. The summed E-state index contributed by atoms with van der Waals surface area (Å²) in [5.74, 6) is 1.16. The van der Waals surface area contributed by atoms with E-state index in [-0.39, 0.29) is 16.6 Å². The molecule has 204 valence electrons. The van der Waals surface area contributed by atoms with Gasteiger partial charge in [-0.3, -0.25) is 4.90 Å². The number of anilines is 1. The van der Waals surface area contributed by atoms with E-state index in [4.69, 9.17) is 9.47 Å². The van der Waals surface area contributed by atoms with E-state index >= 15 is 0 Å². The van der Waals surface area contributed by atoms with Crippen molar-refractivity contribution in [3.63, 3.8) is 0 Å². The number of ether oxygens (including phenoxy) is 2. The molecule has 0 amide bonds. The Bertz CT molecular complexity index is 1460. The second-order valence-electron chi connectivity index (χ2n) is 9.45. The molecule has 8 nitrogen and oxygen atoms in total. The Morgan fingerprint density at radius 1 is 1.00 bits per heavy atom. The molecular formula is C29H32N4O4S2. The molecule has 0 radical (unpaired) electrons. The molecule has 0 aliphatic carbocycles. The number of hydrogen-bond acceptors (Lipinski definition) is 8. The highest BCUT2D eigenvalue weighted by Gasteiger charge is 2.29. The summed E-state index contributed by atoms with van der Waals surface area (Å²) in [6, 6.07) is 23.5. The fraction of sp³-hybridized carbons (Fsp3) is 0.310. The van der Waals surface area contributed by atoms with Crippen LogP contribution in [0.15, 0.2) is 84.0 Å². The van der Waals surface area contributed by atoms with Gasteiger partial charge in [0.1, 0.15) is 17.8 Å². The molecular weight excluding hydrogens is 532 g/mol. The van der Waals surface area contributed by atoms with Gasteiger partial charge < -0.3 is 9.47 Å². The van der Waals surface area contributed by atoms with E-state index in [1.807, 2.05) is 18.2 Å². The minimum absolute atomic E-state index is 0.0407. The van der Waals surface area contributed by atoms with Gasteiger partial charge in [0.25, 0.3) is 10.0 Å². The van der Waals surface area contributed by atoms with Crippen LogP contribution in [0.4, 0.5) is 5.13 Å². The lowest BCUT2D eigenvalue weighted by Crippen LogP contribution is -2.33. The molecule has 1 aromatic heterocycles. The van der Waals surface area contributed by atoms with Crippen LogP contribution in [0.5, 0.6) is 11.5 Å².